The number of hydrogen-bond donors (Lipinski definition) is 1. The van der Waals surface area contributed by atoms with Gasteiger partial charge in [0, 0.05) is 5.39 Å². The molecule has 0 fully saturated rings. The highest BCUT2D eigenvalue weighted by molar-refractivity contribution is 5.91. The number of ether oxygens (including phenoxy) is 2. The van der Waals surface area contributed by atoms with Gasteiger partial charge in [-0.2, -0.15) is 5.10 Å². The Morgan fingerprint density at radius 3 is 2.61 bits per heavy atom. The van der Waals surface area contributed by atoms with E-state index in [2.05, 4.69) is 10.4 Å². The highest BCUT2D eigenvalue weighted by atomic mass is 19.1. The van der Waals surface area contributed by atoms with Crippen LogP contribution in [0.2, 0.25) is 0 Å². The molecule has 2 aromatic heterocycles. The van der Waals surface area contributed by atoms with Crippen LogP contribution in [0.3, 0.4) is 0 Å². The Morgan fingerprint density at radius 1 is 1.03 bits per heavy atom. The monoisotopic (exact) mass is 485 g/mol. The fourth-order valence-electron chi connectivity index (χ4n) is 4.06. The van der Waals surface area contributed by atoms with Gasteiger partial charge in [0.1, 0.15) is 23.4 Å². The van der Waals surface area contributed by atoms with E-state index in [9.17, 15) is 9.18 Å². The molecule has 2 atom stereocenters. The number of nitrogens with zero attached hydrogens (tertiary/aromatic N) is 2. The SMILES string of the molecule is COc1cccc([C@@H](Oc2ccc3c(cnn3-c3ccc(F)cc3)c2)[C@H](C)NC(=O)c2ccco2)c1. The molecule has 0 saturated carbocycles. The van der Waals surface area contributed by atoms with Crippen LogP contribution < -0.4 is 14.8 Å². The van der Waals surface area contributed by atoms with Gasteiger partial charge in [-0.15, -0.1) is 0 Å². The first-order valence-corrected chi connectivity index (χ1v) is 11.4. The smallest absolute Gasteiger partial charge is 0.287 e. The molecule has 1 N–H and O–H groups in total. The Labute approximate surface area is 207 Å². The number of furan rings is 1. The summed E-state index contributed by atoms with van der Waals surface area (Å²) in [7, 11) is 1.60. The van der Waals surface area contributed by atoms with Gasteiger partial charge in [-0.1, -0.05) is 12.1 Å². The zero-order chi connectivity index (χ0) is 25.1. The molecular formula is C28H24FN3O4. The molecule has 0 saturated heterocycles. The number of benzene rings is 3. The lowest BCUT2D eigenvalue weighted by Crippen LogP contribution is -2.39. The number of hydrogen-bond acceptors (Lipinski definition) is 5. The van der Waals surface area contributed by atoms with Crippen LogP contribution >= 0.6 is 0 Å². The standard InChI is InChI=1S/C28H24FN3O4/c1-18(31-28(33)26-7-4-14-35-26)27(19-5-3-6-23(15-19)34-2)36-24-12-13-25-20(16-24)17-30-32(25)22-10-8-21(29)9-11-22/h3-18,27H,1-2H3,(H,31,33)/t18-,27-/m0/s1. The molecule has 36 heavy (non-hydrogen) atoms. The fraction of sp³-hybridized carbons (Fsp3) is 0.143. The number of carbonyl (C=O) groups excluding carboxylic acids is 1. The molecule has 0 radical (unpaired) electrons. The van der Waals surface area contributed by atoms with Gasteiger partial charge in [0.05, 0.1) is 36.8 Å². The van der Waals surface area contributed by atoms with E-state index >= 15 is 0 Å². The molecule has 7 nitrogen and oxygen atoms in total. The van der Waals surface area contributed by atoms with Crippen molar-refractivity contribution in [3.63, 3.8) is 0 Å². The van der Waals surface area contributed by atoms with Crippen LogP contribution in [0, 0.1) is 5.82 Å². The number of amides is 1. The van der Waals surface area contributed by atoms with Crippen molar-refractivity contribution in [3.8, 4) is 17.2 Å². The number of fused-ring (bicyclic) bond motifs is 1. The number of halogens is 1. The summed E-state index contributed by atoms with van der Waals surface area (Å²) in [4.78, 5) is 12.6. The van der Waals surface area contributed by atoms with E-state index in [0.29, 0.717) is 11.5 Å². The van der Waals surface area contributed by atoms with Crippen molar-refractivity contribution in [2.75, 3.05) is 7.11 Å². The molecule has 5 rings (SSSR count). The first-order chi connectivity index (χ1) is 17.5. The number of methoxy groups -OCH3 is 1. The molecule has 0 aliphatic carbocycles. The fourth-order valence-corrected chi connectivity index (χ4v) is 4.06. The average molecular weight is 486 g/mol. The number of rotatable bonds is 8. The summed E-state index contributed by atoms with van der Waals surface area (Å²) in [6.07, 6.45) is 2.66. The van der Waals surface area contributed by atoms with Gasteiger partial charge in [0.15, 0.2) is 5.76 Å². The van der Waals surface area contributed by atoms with E-state index in [1.807, 2.05) is 49.4 Å². The first-order valence-electron chi connectivity index (χ1n) is 11.4. The van der Waals surface area contributed by atoms with Crippen molar-refractivity contribution in [2.45, 2.75) is 19.1 Å². The Bertz CT molecular complexity index is 1480. The summed E-state index contributed by atoms with van der Waals surface area (Å²) >= 11 is 0. The third-order valence-electron chi connectivity index (χ3n) is 5.85. The van der Waals surface area contributed by atoms with Crippen molar-refractivity contribution < 1.29 is 23.1 Å². The van der Waals surface area contributed by atoms with Gasteiger partial charge < -0.3 is 19.2 Å². The van der Waals surface area contributed by atoms with Gasteiger partial charge in [0.2, 0.25) is 0 Å². The molecule has 182 valence electrons. The summed E-state index contributed by atoms with van der Waals surface area (Å²) in [6, 6.07) is 22.2. The lowest BCUT2D eigenvalue weighted by molar-refractivity contribution is 0.0854. The minimum atomic E-state index is -0.524. The van der Waals surface area contributed by atoms with Crippen molar-refractivity contribution in [1.29, 1.82) is 0 Å². The molecule has 0 aliphatic heterocycles. The molecule has 2 heterocycles. The summed E-state index contributed by atoms with van der Waals surface area (Å²) in [5.74, 6) is 0.874. The quantitative estimate of drug-likeness (QED) is 0.305. The van der Waals surface area contributed by atoms with E-state index in [-0.39, 0.29) is 17.5 Å². The molecular weight excluding hydrogens is 461 g/mol. The number of aromatic nitrogens is 2. The predicted molar refractivity (Wildman–Crippen MR) is 133 cm³/mol. The van der Waals surface area contributed by atoms with Crippen molar-refractivity contribution >= 4 is 16.8 Å². The van der Waals surface area contributed by atoms with Crippen molar-refractivity contribution in [3.05, 3.63) is 108 Å². The first kappa shape index (κ1) is 23.2. The van der Waals surface area contributed by atoms with Crippen LogP contribution in [0.4, 0.5) is 4.39 Å². The van der Waals surface area contributed by atoms with Gasteiger partial charge in [-0.25, -0.2) is 9.07 Å². The molecule has 0 aliphatic rings. The van der Waals surface area contributed by atoms with Crippen LogP contribution in [-0.4, -0.2) is 28.8 Å². The molecule has 3 aromatic carbocycles. The average Bonchev–Trinajstić information content (AvgIpc) is 3.58. The van der Waals surface area contributed by atoms with E-state index in [1.165, 1.54) is 18.4 Å². The maximum atomic E-state index is 13.3. The van der Waals surface area contributed by atoms with Gasteiger partial charge in [-0.3, -0.25) is 4.79 Å². The van der Waals surface area contributed by atoms with Crippen LogP contribution in [0.25, 0.3) is 16.6 Å². The zero-order valence-electron chi connectivity index (χ0n) is 19.7. The van der Waals surface area contributed by atoms with Crippen LogP contribution in [0.5, 0.6) is 11.5 Å². The van der Waals surface area contributed by atoms with Gasteiger partial charge in [-0.05, 0) is 79.2 Å². The predicted octanol–water partition coefficient (Wildman–Crippen LogP) is 5.70. The Hall–Kier alpha value is -4.59. The number of nitrogens with one attached hydrogen (secondary N) is 1. The summed E-state index contributed by atoms with van der Waals surface area (Å²) in [5, 5.41) is 8.27. The van der Waals surface area contributed by atoms with Crippen molar-refractivity contribution in [1.82, 2.24) is 15.1 Å². The third-order valence-corrected chi connectivity index (χ3v) is 5.85. The molecule has 0 spiro atoms. The summed E-state index contributed by atoms with van der Waals surface area (Å²) in [5.41, 5.74) is 2.44. The largest absolute Gasteiger partial charge is 0.497 e. The molecule has 0 bridgehead atoms. The molecule has 0 unspecified atom stereocenters. The minimum absolute atomic E-state index is 0.223. The Morgan fingerprint density at radius 2 is 1.86 bits per heavy atom. The normalized spacial score (nSPS) is 12.8. The maximum Gasteiger partial charge on any atom is 0.287 e. The van der Waals surface area contributed by atoms with E-state index in [1.54, 1.807) is 42.3 Å². The second kappa shape index (κ2) is 9.95. The van der Waals surface area contributed by atoms with E-state index in [4.69, 9.17) is 13.9 Å². The van der Waals surface area contributed by atoms with Gasteiger partial charge in [0.25, 0.3) is 5.91 Å². The minimum Gasteiger partial charge on any atom is -0.497 e. The molecule has 5 aromatic rings. The topological polar surface area (TPSA) is 78.5 Å². The van der Waals surface area contributed by atoms with Crippen LogP contribution in [-0.2, 0) is 0 Å². The number of carbonyl (C=O) groups is 1. The Kier molecular flexibility index (Phi) is 6.40. The van der Waals surface area contributed by atoms with Crippen LogP contribution in [0.15, 0.2) is 95.7 Å². The Balaban J connectivity index is 1.44. The third kappa shape index (κ3) is 4.79. The lowest BCUT2D eigenvalue weighted by Gasteiger charge is -2.26. The van der Waals surface area contributed by atoms with Crippen LogP contribution in [0.1, 0.15) is 29.1 Å². The highest BCUT2D eigenvalue weighted by Gasteiger charge is 2.25. The zero-order valence-corrected chi connectivity index (χ0v) is 19.7. The molecule has 1 amide bonds. The lowest BCUT2D eigenvalue weighted by atomic mass is 10.0. The van der Waals surface area contributed by atoms with Crippen molar-refractivity contribution in [2.24, 2.45) is 0 Å². The second-order valence-corrected chi connectivity index (χ2v) is 8.31. The summed E-state index contributed by atoms with van der Waals surface area (Å²) in [6.45, 7) is 1.87. The van der Waals surface area contributed by atoms with Gasteiger partial charge >= 0.3 is 0 Å². The van der Waals surface area contributed by atoms with E-state index < -0.39 is 12.1 Å². The van der Waals surface area contributed by atoms with E-state index in [0.717, 1.165) is 22.2 Å². The molecule has 8 heteroatoms. The summed E-state index contributed by atoms with van der Waals surface area (Å²) < 4.78 is 32.1. The second-order valence-electron chi connectivity index (χ2n) is 8.31. The maximum absolute atomic E-state index is 13.3. The highest BCUT2D eigenvalue weighted by Crippen LogP contribution is 2.30.